The van der Waals surface area contributed by atoms with Gasteiger partial charge >= 0.3 is 0 Å². The van der Waals surface area contributed by atoms with Crippen molar-refractivity contribution in [3.8, 4) is 5.75 Å². The molecule has 1 nitrogen and oxygen atoms in total. The van der Waals surface area contributed by atoms with Gasteiger partial charge in [-0.15, -0.1) is 0 Å². The molecule has 1 aliphatic rings. The lowest BCUT2D eigenvalue weighted by molar-refractivity contribution is 0.241. The Bertz CT molecular complexity index is 388. The van der Waals surface area contributed by atoms with Gasteiger partial charge in [-0.1, -0.05) is 35.0 Å². The van der Waals surface area contributed by atoms with Crippen LogP contribution in [0.25, 0.3) is 0 Å². The maximum atomic E-state index is 5.77. The number of ether oxygens (including phenoxy) is 1. The standard InChI is InChI=1S/C15H21BrO/c1-11(2)17-14-6-4-5-12(9-14)15(3)8-7-13(16)10-15/h4-6,9,11,13H,7-8,10H2,1-3H3. The highest BCUT2D eigenvalue weighted by atomic mass is 79.9. The summed E-state index contributed by atoms with van der Waals surface area (Å²) in [6.07, 6.45) is 3.99. The summed E-state index contributed by atoms with van der Waals surface area (Å²) < 4.78 is 5.77. The molecule has 2 unspecified atom stereocenters. The zero-order chi connectivity index (χ0) is 12.5. The topological polar surface area (TPSA) is 9.23 Å². The van der Waals surface area contributed by atoms with E-state index >= 15 is 0 Å². The van der Waals surface area contributed by atoms with E-state index in [0.29, 0.717) is 10.2 Å². The van der Waals surface area contributed by atoms with E-state index in [4.69, 9.17) is 4.74 Å². The third-order valence-electron chi connectivity index (χ3n) is 3.58. The molecular weight excluding hydrogens is 276 g/mol. The first-order valence-corrected chi connectivity index (χ1v) is 7.32. The van der Waals surface area contributed by atoms with E-state index < -0.39 is 0 Å². The fraction of sp³-hybridized carbons (Fsp3) is 0.600. The molecule has 0 amide bonds. The van der Waals surface area contributed by atoms with Gasteiger partial charge in [-0.05, 0) is 56.2 Å². The lowest BCUT2D eigenvalue weighted by Crippen LogP contribution is -2.18. The van der Waals surface area contributed by atoms with Gasteiger partial charge in [0.1, 0.15) is 5.75 Å². The number of hydrogen-bond acceptors (Lipinski definition) is 1. The smallest absolute Gasteiger partial charge is 0.119 e. The van der Waals surface area contributed by atoms with Crippen LogP contribution >= 0.6 is 15.9 Å². The first kappa shape index (κ1) is 12.9. The average molecular weight is 297 g/mol. The molecule has 2 heteroatoms. The van der Waals surface area contributed by atoms with Crippen molar-refractivity contribution in [2.24, 2.45) is 0 Å². The molecule has 0 aromatic heterocycles. The molecule has 0 heterocycles. The van der Waals surface area contributed by atoms with Gasteiger partial charge in [0.15, 0.2) is 0 Å². The molecular formula is C15H21BrO. The second-order valence-corrected chi connectivity index (χ2v) is 6.89. The molecule has 1 aliphatic carbocycles. The molecule has 2 atom stereocenters. The second kappa shape index (κ2) is 5.01. The molecule has 1 saturated carbocycles. The maximum Gasteiger partial charge on any atom is 0.119 e. The van der Waals surface area contributed by atoms with Crippen molar-refractivity contribution >= 4 is 15.9 Å². The van der Waals surface area contributed by atoms with E-state index in [2.05, 4.69) is 54.9 Å². The van der Waals surface area contributed by atoms with Gasteiger partial charge in [-0.3, -0.25) is 0 Å². The molecule has 0 aliphatic heterocycles. The monoisotopic (exact) mass is 296 g/mol. The molecule has 17 heavy (non-hydrogen) atoms. The molecule has 0 bridgehead atoms. The molecule has 2 rings (SSSR count). The van der Waals surface area contributed by atoms with Crippen LogP contribution in [0.15, 0.2) is 24.3 Å². The van der Waals surface area contributed by atoms with E-state index in [1.807, 2.05) is 6.07 Å². The van der Waals surface area contributed by atoms with Crippen molar-refractivity contribution in [2.45, 2.75) is 56.4 Å². The van der Waals surface area contributed by atoms with Crippen LogP contribution in [0, 0.1) is 0 Å². The highest BCUT2D eigenvalue weighted by molar-refractivity contribution is 9.09. The lowest BCUT2D eigenvalue weighted by Gasteiger charge is -2.25. The van der Waals surface area contributed by atoms with E-state index in [-0.39, 0.29) is 6.10 Å². The van der Waals surface area contributed by atoms with E-state index in [9.17, 15) is 0 Å². The Kier molecular flexibility index (Phi) is 3.82. The summed E-state index contributed by atoms with van der Waals surface area (Å²) in [5.74, 6) is 0.997. The van der Waals surface area contributed by atoms with Crippen LogP contribution in [0.2, 0.25) is 0 Å². The Balaban J connectivity index is 2.21. The van der Waals surface area contributed by atoms with Crippen LogP contribution in [0.3, 0.4) is 0 Å². The molecule has 1 aromatic carbocycles. The zero-order valence-corrected chi connectivity index (χ0v) is 12.5. The third kappa shape index (κ3) is 3.04. The quantitative estimate of drug-likeness (QED) is 0.736. The van der Waals surface area contributed by atoms with Crippen molar-refractivity contribution in [2.75, 3.05) is 0 Å². The summed E-state index contributed by atoms with van der Waals surface area (Å²) in [4.78, 5) is 0.669. The zero-order valence-electron chi connectivity index (χ0n) is 10.9. The highest BCUT2D eigenvalue weighted by Crippen LogP contribution is 2.44. The van der Waals surface area contributed by atoms with Crippen molar-refractivity contribution in [1.82, 2.24) is 0 Å². The molecule has 0 radical (unpaired) electrons. The fourth-order valence-electron chi connectivity index (χ4n) is 2.65. The van der Waals surface area contributed by atoms with Gasteiger partial charge in [-0.2, -0.15) is 0 Å². The predicted molar refractivity (Wildman–Crippen MR) is 76.1 cm³/mol. The minimum absolute atomic E-state index is 0.241. The van der Waals surface area contributed by atoms with Crippen molar-refractivity contribution < 1.29 is 4.74 Å². The van der Waals surface area contributed by atoms with Gasteiger partial charge in [0.2, 0.25) is 0 Å². The molecule has 0 spiro atoms. The van der Waals surface area contributed by atoms with Gasteiger partial charge in [0.25, 0.3) is 0 Å². The van der Waals surface area contributed by atoms with Gasteiger partial charge in [-0.25, -0.2) is 0 Å². The van der Waals surface area contributed by atoms with Crippen LogP contribution in [0.4, 0.5) is 0 Å². The highest BCUT2D eigenvalue weighted by Gasteiger charge is 2.35. The Hall–Kier alpha value is -0.500. The van der Waals surface area contributed by atoms with Gasteiger partial charge in [0.05, 0.1) is 6.10 Å². The molecule has 94 valence electrons. The third-order valence-corrected chi connectivity index (χ3v) is 4.37. The van der Waals surface area contributed by atoms with E-state index in [1.165, 1.54) is 24.8 Å². The molecule has 0 N–H and O–H groups in total. The van der Waals surface area contributed by atoms with Crippen molar-refractivity contribution in [3.63, 3.8) is 0 Å². The SMILES string of the molecule is CC(C)Oc1cccc(C2(C)CCC(Br)C2)c1. The summed E-state index contributed by atoms with van der Waals surface area (Å²) in [7, 11) is 0. The minimum atomic E-state index is 0.241. The maximum absolute atomic E-state index is 5.77. The van der Waals surface area contributed by atoms with Crippen LogP contribution in [-0.4, -0.2) is 10.9 Å². The Labute approximate surface area is 113 Å². The van der Waals surface area contributed by atoms with Crippen LogP contribution in [0.1, 0.15) is 45.6 Å². The Morgan fingerprint density at radius 2 is 2.18 bits per heavy atom. The average Bonchev–Trinajstić information content (AvgIpc) is 2.59. The summed E-state index contributed by atoms with van der Waals surface area (Å²) >= 11 is 3.74. The number of alkyl halides is 1. The molecule has 1 aromatic rings. The van der Waals surface area contributed by atoms with Crippen molar-refractivity contribution in [3.05, 3.63) is 29.8 Å². The summed E-state index contributed by atoms with van der Waals surface area (Å²) in [6, 6.07) is 8.61. The van der Waals surface area contributed by atoms with Gasteiger partial charge in [0, 0.05) is 4.83 Å². The first-order chi connectivity index (χ1) is 7.99. The molecule has 1 fully saturated rings. The fourth-order valence-corrected chi connectivity index (χ4v) is 3.59. The Morgan fingerprint density at radius 1 is 1.41 bits per heavy atom. The van der Waals surface area contributed by atoms with Gasteiger partial charge < -0.3 is 4.74 Å². The largest absolute Gasteiger partial charge is 0.491 e. The number of benzene rings is 1. The summed E-state index contributed by atoms with van der Waals surface area (Å²) in [5, 5.41) is 0. The normalized spacial score (nSPS) is 28.6. The minimum Gasteiger partial charge on any atom is -0.491 e. The number of hydrogen-bond donors (Lipinski definition) is 0. The van der Waals surface area contributed by atoms with E-state index in [1.54, 1.807) is 0 Å². The molecule has 0 saturated heterocycles. The summed E-state index contributed by atoms with van der Waals surface area (Å²) in [6.45, 7) is 6.50. The van der Waals surface area contributed by atoms with Crippen LogP contribution in [0.5, 0.6) is 5.75 Å². The van der Waals surface area contributed by atoms with E-state index in [0.717, 1.165) is 5.75 Å². The predicted octanol–water partition coefficient (Wildman–Crippen LogP) is 4.68. The van der Waals surface area contributed by atoms with Crippen molar-refractivity contribution in [1.29, 1.82) is 0 Å². The Morgan fingerprint density at radius 3 is 2.76 bits per heavy atom. The number of rotatable bonds is 3. The van der Waals surface area contributed by atoms with Crippen LogP contribution < -0.4 is 4.74 Å². The lowest BCUT2D eigenvalue weighted by atomic mass is 9.81. The van der Waals surface area contributed by atoms with Crippen LogP contribution in [-0.2, 0) is 5.41 Å². The second-order valence-electron chi connectivity index (χ2n) is 5.60. The first-order valence-electron chi connectivity index (χ1n) is 6.41. The summed E-state index contributed by atoms with van der Waals surface area (Å²) in [5.41, 5.74) is 1.72. The number of halogens is 1.